The Hall–Kier alpha value is -0.300. The summed E-state index contributed by atoms with van der Waals surface area (Å²) in [4.78, 5) is 0. The van der Waals surface area contributed by atoms with Crippen LogP contribution in [0.2, 0.25) is 0 Å². The first-order chi connectivity index (χ1) is 6.86. The third kappa shape index (κ3) is 0.735. The molecule has 3 saturated carbocycles. The van der Waals surface area contributed by atoms with Gasteiger partial charge in [0.05, 0.1) is 6.10 Å². The first kappa shape index (κ1) is 7.92. The van der Waals surface area contributed by atoms with E-state index in [0.29, 0.717) is 5.92 Å². The molecule has 4 rings (SSSR count). The molecular formula is C13H18O. The summed E-state index contributed by atoms with van der Waals surface area (Å²) in [7, 11) is 0. The van der Waals surface area contributed by atoms with Crippen LogP contribution < -0.4 is 0 Å². The maximum atomic E-state index is 10.0. The number of rotatable bonds is 0. The molecule has 0 spiro atoms. The minimum atomic E-state index is 0.0524. The van der Waals surface area contributed by atoms with Crippen LogP contribution in [0.1, 0.15) is 25.7 Å². The summed E-state index contributed by atoms with van der Waals surface area (Å²) in [6, 6.07) is 0. The Bertz CT molecular complexity index is 296. The van der Waals surface area contributed by atoms with Crippen LogP contribution in [0.4, 0.5) is 0 Å². The minimum Gasteiger partial charge on any atom is -0.393 e. The van der Waals surface area contributed by atoms with Crippen molar-refractivity contribution in [1.29, 1.82) is 0 Å². The summed E-state index contributed by atoms with van der Waals surface area (Å²) in [5.41, 5.74) is 0. The fourth-order valence-electron chi connectivity index (χ4n) is 5.30. The molecule has 7 atom stereocenters. The lowest BCUT2D eigenvalue weighted by Crippen LogP contribution is -2.33. The molecule has 0 amide bonds. The van der Waals surface area contributed by atoms with Gasteiger partial charge in [0.15, 0.2) is 0 Å². The van der Waals surface area contributed by atoms with E-state index in [0.717, 1.165) is 36.0 Å². The van der Waals surface area contributed by atoms with Crippen molar-refractivity contribution in [3.63, 3.8) is 0 Å². The number of hydrogen-bond donors (Lipinski definition) is 1. The van der Waals surface area contributed by atoms with Crippen LogP contribution in [-0.4, -0.2) is 11.2 Å². The first-order valence-corrected chi connectivity index (χ1v) is 6.21. The molecule has 1 heteroatoms. The van der Waals surface area contributed by atoms with Gasteiger partial charge in [-0.15, -0.1) is 0 Å². The number of allylic oxidation sites excluding steroid dienone is 2. The third-order valence-electron chi connectivity index (χ3n) is 5.63. The Morgan fingerprint density at radius 2 is 1.93 bits per heavy atom. The van der Waals surface area contributed by atoms with E-state index >= 15 is 0 Å². The average molecular weight is 190 g/mol. The first-order valence-electron chi connectivity index (χ1n) is 6.21. The van der Waals surface area contributed by atoms with Crippen molar-refractivity contribution in [3.05, 3.63) is 12.2 Å². The highest BCUT2D eigenvalue weighted by Gasteiger charge is 2.60. The van der Waals surface area contributed by atoms with Gasteiger partial charge in [0.2, 0.25) is 0 Å². The van der Waals surface area contributed by atoms with Crippen LogP contribution in [0.15, 0.2) is 12.2 Å². The highest BCUT2D eigenvalue weighted by molar-refractivity contribution is 5.18. The highest BCUT2D eigenvalue weighted by atomic mass is 16.3. The molecule has 0 aliphatic heterocycles. The molecule has 0 aromatic rings. The molecule has 3 unspecified atom stereocenters. The van der Waals surface area contributed by atoms with E-state index < -0.39 is 0 Å². The second kappa shape index (κ2) is 2.44. The Kier molecular flexibility index (Phi) is 1.38. The molecule has 4 aliphatic carbocycles. The molecule has 1 N–H and O–H groups in total. The van der Waals surface area contributed by atoms with Crippen molar-refractivity contribution in [1.82, 2.24) is 0 Å². The Morgan fingerprint density at radius 3 is 2.86 bits per heavy atom. The zero-order chi connectivity index (χ0) is 9.28. The van der Waals surface area contributed by atoms with Gasteiger partial charge in [-0.25, -0.2) is 0 Å². The molecule has 0 radical (unpaired) electrons. The molecule has 3 fully saturated rings. The van der Waals surface area contributed by atoms with E-state index in [-0.39, 0.29) is 6.10 Å². The molecule has 4 aliphatic rings. The maximum Gasteiger partial charge on any atom is 0.0574 e. The molecule has 14 heavy (non-hydrogen) atoms. The Morgan fingerprint density at radius 1 is 1.00 bits per heavy atom. The average Bonchev–Trinajstić information content (AvgIpc) is 2.82. The van der Waals surface area contributed by atoms with Crippen LogP contribution in [0.3, 0.4) is 0 Å². The summed E-state index contributed by atoms with van der Waals surface area (Å²) in [5, 5.41) is 10.0. The van der Waals surface area contributed by atoms with Crippen molar-refractivity contribution in [2.24, 2.45) is 35.5 Å². The van der Waals surface area contributed by atoms with Gasteiger partial charge in [-0.1, -0.05) is 12.2 Å². The molecule has 2 bridgehead atoms. The van der Waals surface area contributed by atoms with Crippen molar-refractivity contribution in [2.75, 3.05) is 0 Å². The van der Waals surface area contributed by atoms with E-state index in [1.165, 1.54) is 19.3 Å². The topological polar surface area (TPSA) is 20.2 Å². The van der Waals surface area contributed by atoms with Crippen LogP contribution in [0, 0.1) is 35.5 Å². The van der Waals surface area contributed by atoms with Crippen molar-refractivity contribution >= 4 is 0 Å². The Balaban J connectivity index is 1.73. The third-order valence-corrected chi connectivity index (χ3v) is 5.63. The van der Waals surface area contributed by atoms with Crippen molar-refractivity contribution in [2.45, 2.75) is 31.8 Å². The molecule has 0 aromatic heterocycles. The van der Waals surface area contributed by atoms with Crippen LogP contribution >= 0.6 is 0 Å². The van der Waals surface area contributed by atoms with Crippen LogP contribution in [0.5, 0.6) is 0 Å². The van der Waals surface area contributed by atoms with Gasteiger partial charge >= 0.3 is 0 Å². The van der Waals surface area contributed by atoms with Gasteiger partial charge in [0.25, 0.3) is 0 Å². The standard InChI is InChI=1S/C13H18O/c14-12-5-4-9-10-6-11(13(9)12)8-3-1-2-7(8)10/h1-2,7-14H,3-6H2/t7-,8+,9?,10+,11-,12?,13?/m1/s1. The normalized spacial score (nSPS) is 63.4. The fourth-order valence-corrected chi connectivity index (χ4v) is 5.30. The van der Waals surface area contributed by atoms with Crippen LogP contribution in [-0.2, 0) is 0 Å². The molecule has 0 heterocycles. The van der Waals surface area contributed by atoms with Crippen LogP contribution in [0.25, 0.3) is 0 Å². The molecule has 76 valence electrons. The van der Waals surface area contributed by atoms with E-state index in [1.807, 2.05) is 0 Å². The van der Waals surface area contributed by atoms with E-state index in [1.54, 1.807) is 0 Å². The quantitative estimate of drug-likeness (QED) is 0.581. The predicted octanol–water partition coefficient (Wildman–Crippen LogP) is 2.22. The summed E-state index contributed by atoms with van der Waals surface area (Å²) in [6.07, 6.45) is 10.1. The maximum absolute atomic E-state index is 10.0. The summed E-state index contributed by atoms with van der Waals surface area (Å²) in [5.74, 6) is 5.24. The van der Waals surface area contributed by atoms with Gasteiger partial charge in [-0.3, -0.25) is 0 Å². The number of fused-ring (bicyclic) bond motifs is 8. The minimum absolute atomic E-state index is 0.0524. The second-order valence-electron chi connectivity index (χ2n) is 5.85. The second-order valence-corrected chi connectivity index (χ2v) is 5.85. The van der Waals surface area contributed by atoms with Gasteiger partial charge < -0.3 is 5.11 Å². The van der Waals surface area contributed by atoms with Gasteiger partial charge in [-0.2, -0.15) is 0 Å². The Labute approximate surface area is 85.2 Å². The van der Waals surface area contributed by atoms with Gasteiger partial charge in [-0.05, 0) is 61.2 Å². The molecule has 0 aromatic carbocycles. The zero-order valence-electron chi connectivity index (χ0n) is 8.47. The number of aliphatic hydroxyl groups is 1. The van der Waals surface area contributed by atoms with Gasteiger partial charge in [0.1, 0.15) is 0 Å². The smallest absolute Gasteiger partial charge is 0.0574 e. The van der Waals surface area contributed by atoms with Gasteiger partial charge in [0, 0.05) is 0 Å². The summed E-state index contributed by atoms with van der Waals surface area (Å²) in [6.45, 7) is 0. The van der Waals surface area contributed by atoms with E-state index in [4.69, 9.17) is 0 Å². The highest BCUT2D eigenvalue weighted by Crippen LogP contribution is 2.65. The predicted molar refractivity (Wildman–Crippen MR) is 54.6 cm³/mol. The summed E-state index contributed by atoms with van der Waals surface area (Å²) < 4.78 is 0. The van der Waals surface area contributed by atoms with E-state index in [9.17, 15) is 5.11 Å². The zero-order valence-corrected chi connectivity index (χ0v) is 8.47. The lowest BCUT2D eigenvalue weighted by molar-refractivity contribution is 0.0538. The van der Waals surface area contributed by atoms with Crippen molar-refractivity contribution < 1.29 is 5.11 Å². The molecule has 0 saturated heterocycles. The molecular weight excluding hydrogens is 172 g/mol. The fraction of sp³-hybridized carbons (Fsp3) is 0.846. The number of aliphatic hydroxyl groups excluding tert-OH is 1. The lowest BCUT2D eigenvalue weighted by atomic mass is 9.70. The largest absolute Gasteiger partial charge is 0.393 e. The number of hydrogen-bond acceptors (Lipinski definition) is 1. The summed E-state index contributed by atoms with van der Waals surface area (Å²) >= 11 is 0. The SMILES string of the molecule is OC1CCC2C1[C@@H]1C[C@H]2[C@@H]2C=CC[C@@H]21. The molecule has 1 nitrogen and oxygen atoms in total. The lowest BCUT2D eigenvalue weighted by Gasteiger charge is -2.35. The van der Waals surface area contributed by atoms with Crippen molar-refractivity contribution in [3.8, 4) is 0 Å². The van der Waals surface area contributed by atoms with E-state index in [2.05, 4.69) is 12.2 Å². The monoisotopic (exact) mass is 190 g/mol.